The molecule has 60 valence electrons. The quantitative estimate of drug-likeness (QED) is 0.333. The van der Waals surface area contributed by atoms with Crippen molar-refractivity contribution in [2.45, 2.75) is 19.1 Å². The van der Waals surface area contributed by atoms with Crippen LogP contribution in [0.3, 0.4) is 0 Å². The summed E-state index contributed by atoms with van der Waals surface area (Å²) >= 11 is 0. The molecule has 4 nitrogen and oxygen atoms in total. The van der Waals surface area contributed by atoms with Gasteiger partial charge in [-0.25, -0.2) is 0 Å². The molecule has 0 rings (SSSR count). The monoisotopic (exact) mass is 146 g/mol. The minimum absolute atomic E-state index is 0.166. The maximum atomic E-state index is 6.90. The Kier molecular flexibility index (Phi) is 4.88. The second kappa shape index (κ2) is 5.20. The third-order valence-corrected chi connectivity index (χ3v) is 1.18. The van der Waals surface area contributed by atoms with Crippen molar-refractivity contribution in [2.75, 3.05) is 14.2 Å². The summed E-state index contributed by atoms with van der Waals surface area (Å²) in [4.78, 5) is 0. The van der Waals surface area contributed by atoms with E-state index < -0.39 is 0 Å². The standard InChI is InChI=1S/C6H14N2O2/c1-9-6(10-2)4-3-5(7)8/h6H,3-4H2,1-2H3,(H3,7,8). The summed E-state index contributed by atoms with van der Waals surface area (Å²) < 4.78 is 9.75. The van der Waals surface area contributed by atoms with Crippen LogP contribution in [0.5, 0.6) is 0 Å². The summed E-state index contributed by atoms with van der Waals surface area (Å²) in [5.41, 5.74) is 5.12. The summed E-state index contributed by atoms with van der Waals surface area (Å²) in [6, 6.07) is 0. The Morgan fingerprint density at radius 2 is 2.00 bits per heavy atom. The molecule has 0 amide bonds. The van der Waals surface area contributed by atoms with Gasteiger partial charge in [0.2, 0.25) is 0 Å². The number of nitrogens with two attached hydrogens (primary N) is 1. The summed E-state index contributed by atoms with van der Waals surface area (Å²) in [6.45, 7) is 0. The molecule has 0 unspecified atom stereocenters. The van der Waals surface area contributed by atoms with E-state index >= 15 is 0 Å². The zero-order chi connectivity index (χ0) is 7.98. The fourth-order valence-electron chi connectivity index (χ4n) is 0.605. The van der Waals surface area contributed by atoms with Gasteiger partial charge in [-0.2, -0.15) is 0 Å². The number of nitrogens with one attached hydrogen (secondary N) is 1. The van der Waals surface area contributed by atoms with E-state index in [0.29, 0.717) is 12.8 Å². The molecule has 0 spiro atoms. The van der Waals surface area contributed by atoms with E-state index in [9.17, 15) is 0 Å². The van der Waals surface area contributed by atoms with Gasteiger partial charge in [-0.05, 0) is 0 Å². The van der Waals surface area contributed by atoms with Crippen molar-refractivity contribution in [3.8, 4) is 0 Å². The molecule has 0 aromatic carbocycles. The lowest BCUT2D eigenvalue weighted by atomic mass is 10.3. The number of hydrogen-bond donors (Lipinski definition) is 2. The highest BCUT2D eigenvalue weighted by atomic mass is 16.7. The van der Waals surface area contributed by atoms with Gasteiger partial charge in [0.25, 0.3) is 0 Å². The Hall–Kier alpha value is -0.610. The van der Waals surface area contributed by atoms with E-state index in [0.717, 1.165) is 0 Å². The third kappa shape index (κ3) is 4.29. The van der Waals surface area contributed by atoms with Crippen LogP contribution in [-0.4, -0.2) is 26.3 Å². The third-order valence-electron chi connectivity index (χ3n) is 1.18. The highest BCUT2D eigenvalue weighted by Gasteiger charge is 2.04. The van der Waals surface area contributed by atoms with Gasteiger partial charge >= 0.3 is 0 Å². The maximum Gasteiger partial charge on any atom is 0.157 e. The first-order valence-electron chi connectivity index (χ1n) is 3.09. The lowest BCUT2D eigenvalue weighted by Gasteiger charge is -2.11. The molecule has 4 heteroatoms. The minimum atomic E-state index is -0.233. The minimum Gasteiger partial charge on any atom is -0.388 e. The van der Waals surface area contributed by atoms with Gasteiger partial charge in [-0.15, -0.1) is 0 Å². The molecule has 0 saturated carbocycles. The second-order valence-electron chi connectivity index (χ2n) is 1.96. The van der Waals surface area contributed by atoms with Crippen LogP contribution in [0.15, 0.2) is 0 Å². The molecule has 0 atom stereocenters. The van der Waals surface area contributed by atoms with E-state index in [1.54, 1.807) is 14.2 Å². The van der Waals surface area contributed by atoms with Crippen molar-refractivity contribution >= 4 is 5.84 Å². The molecule has 0 heterocycles. The highest BCUT2D eigenvalue weighted by Crippen LogP contribution is 2.00. The average molecular weight is 146 g/mol. The lowest BCUT2D eigenvalue weighted by Crippen LogP contribution is -2.17. The maximum absolute atomic E-state index is 6.90. The number of amidine groups is 1. The zero-order valence-electron chi connectivity index (χ0n) is 6.39. The zero-order valence-corrected chi connectivity index (χ0v) is 6.39. The van der Waals surface area contributed by atoms with Gasteiger partial charge in [-0.1, -0.05) is 0 Å². The van der Waals surface area contributed by atoms with Gasteiger partial charge in [0, 0.05) is 27.1 Å². The highest BCUT2D eigenvalue weighted by molar-refractivity contribution is 5.76. The van der Waals surface area contributed by atoms with Crippen LogP contribution < -0.4 is 5.73 Å². The summed E-state index contributed by atoms with van der Waals surface area (Å²) in [6.07, 6.45) is 0.929. The van der Waals surface area contributed by atoms with Gasteiger partial charge in [0.1, 0.15) is 0 Å². The molecule has 0 aromatic heterocycles. The van der Waals surface area contributed by atoms with Gasteiger partial charge in [0.15, 0.2) is 6.29 Å². The van der Waals surface area contributed by atoms with Crippen LogP contribution in [-0.2, 0) is 9.47 Å². The van der Waals surface area contributed by atoms with E-state index in [4.69, 9.17) is 20.6 Å². The number of rotatable bonds is 5. The molecule has 0 aromatic rings. The molecular weight excluding hydrogens is 132 g/mol. The fourth-order valence-corrected chi connectivity index (χ4v) is 0.605. The molecule has 0 bridgehead atoms. The van der Waals surface area contributed by atoms with Gasteiger partial charge < -0.3 is 15.2 Å². The molecule has 10 heavy (non-hydrogen) atoms. The number of methoxy groups -OCH3 is 2. The van der Waals surface area contributed by atoms with Crippen molar-refractivity contribution < 1.29 is 9.47 Å². The largest absolute Gasteiger partial charge is 0.388 e. The van der Waals surface area contributed by atoms with E-state index in [1.807, 2.05) is 0 Å². The smallest absolute Gasteiger partial charge is 0.157 e. The van der Waals surface area contributed by atoms with E-state index in [-0.39, 0.29) is 12.1 Å². The lowest BCUT2D eigenvalue weighted by molar-refractivity contribution is -0.104. The van der Waals surface area contributed by atoms with E-state index in [1.165, 1.54) is 0 Å². The van der Waals surface area contributed by atoms with Crippen molar-refractivity contribution in [1.29, 1.82) is 5.41 Å². The van der Waals surface area contributed by atoms with Crippen molar-refractivity contribution in [2.24, 2.45) is 5.73 Å². The molecule has 0 radical (unpaired) electrons. The second-order valence-corrected chi connectivity index (χ2v) is 1.96. The summed E-state index contributed by atoms with van der Waals surface area (Å²) in [7, 11) is 3.13. The molecule has 0 fully saturated rings. The first-order chi connectivity index (χ1) is 4.70. The Morgan fingerprint density at radius 3 is 2.30 bits per heavy atom. The predicted molar refractivity (Wildman–Crippen MR) is 39.0 cm³/mol. The van der Waals surface area contributed by atoms with Crippen molar-refractivity contribution in [3.63, 3.8) is 0 Å². The van der Waals surface area contributed by atoms with Crippen LogP contribution in [0.4, 0.5) is 0 Å². The SMILES string of the molecule is COC(CCC(=N)N)OC. The van der Waals surface area contributed by atoms with Crippen molar-refractivity contribution in [3.05, 3.63) is 0 Å². The van der Waals surface area contributed by atoms with E-state index in [2.05, 4.69) is 0 Å². The summed E-state index contributed by atoms with van der Waals surface area (Å²) in [5, 5.41) is 6.90. The topological polar surface area (TPSA) is 68.3 Å². The molecule has 3 N–H and O–H groups in total. The molecule has 0 aliphatic heterocycles. The predicted octanol–water partition coefficient (Wildman–Crippen LogP) is 0.321. The van der Waals surface area contributed by atoms with Crippen LogP contribution in [0, 0.1) is 5.41 Å². The number of ether oxygens (including phenoxy) is 2. The number of hydrogen-bond acceptors (Lipinski definition) is 3. The van der Waals surface area contributed by atoms with Crippen molar-refractivity contribution in [1.82, 2.24) is 0 Å². The van der Waals surface area contributed by atoms with Crippen LogP contribution in [0.1, 0.15) is 12.8 Å². The summed E-state index contributed by atoms with van der Waals surface area (Å²) in [5.74, 6) is 0.166. The van der Waals surface area contributed by atoms with Crippen LogP contribution >= 0.6 is 0 Å². The molecular formula is C6H14N2O2. The normalized spacial score (nSPS) is 10.3. The molecule has 0 saturated heterocycles. The van der Waals surface area contributed by atoms with Crippen LogP contribution in [0.2, 0.25) is 0 Å². The average Bonchev–Trinajstić information content (AvgIpc) is 1.90. The molecule has 0 aliphatic carbocycles. The fraction of sp³-hybridized carbons (Fsp3) is 0.833. The Bertz CT molecular complexity index is 102. The molecule has 0 aliphatic rings. The Morgan fingerprint density at radius 1 is 1.50 bits per heavy atom. The van der Waals surface area contributed by atoms with Gasteiger partial charge in [0.05, 0.1) is 5.84 Å². The van der Waals surface area contributed by atoms with Gasteiger partial charge in [-0.3, -0.25) is 5.41 Å². The Labute approximate surface area is 60.8 Å². The first kappa shape index (κ1) is 9.39. The first-order valence-corrected chi connectivity index (χ1v) is 3.09. The Balaban J connectivity index is 3.34. The van der Waals surface area contributed by atoms with Crippen LogP contribution in [0.25, 0.3) is 0 Å².